The molecule has 4 nitrogen and oxygen atoms in total. The van der Waals surface area contributed by atoms with Gasteiger partial charge in [0.25, 0.3) is 5.69 Å². The van der Waals surface area contributed by atoms with Gasteiger partial charge in [-0.15, -0.1) is 0 Å². The van der Waals surface area contributed by atoms with Crippen molar-refractivity contribution in [2.24, 2.45) is 5.41 Å². The van der Waals surface area contributed by atoms with Gasteiger partial charge in [-0.25, -0.2) is 0 Å². The van der Waals surface area contributed by atoms with Gasteiger partial charge in [0.2, 0.25) is 0 Å². The lowest BCUT2D eigenvalue weighted by molar-refractivity contribution is -0.385. The van der Waals surface area contributed by atoms with Crippen molar-refractivity contribution in [3.63, 3.8) is 0 Å². The Morgan fingerprint density at radius 1 is 1.41 bits per heavy atom. The molecule has 94 valence electrons. The third kappa shape index (κ3) is 3.44. The van der Waals surface area contributed by atoms with Crippen molar-refractivity contribution in [3.05, 3.63) is 33.9 Å². The molecule has 0 saturated carbocycles. The van der Waals surface area contributed by atoms with Gasteiger partial charge in [-0.3, -0.25) is 10.1 Å². The maximum atomic E-state index is 10.8. The van der Waals surface area contributed by atoms with Crippen LogP contribution in [0.5, 0.6) is 0 Å². The molecule has 0 unspecified atom stereocenters. The van der Waals surface area contributed by atoms with Crippen LogP contribution in [0, 0.1) is 22.5 Å². The van der Waals surface area contributed by atoms with E-state index in [0.717, 1.165) is 18.7 Å². The summed E-state index contributed by atoms with van der Waals surface area (Å²) >= 11 is 0. The summed E-state index contributed by atoms with van der Waals surface area (Å²) in [6.45, 7) is 9.08. The molecule has 0 saturated heterocycles. The Balaban J connectivity index is 2.86. The lowest BCUT2D eigenvalue weighted by atomic mass is 9.90. The molecule has 1 aromatic carbocycles. The van der Waals surface area contributed by atoms with Crippen LogP contribution >= 0.6 is 0 Å². The fraction of sp³-hybridized carbons (Fsp3) is 0.538. The molecular weight excluding hydrogens is 216 g/mol. The first-order valence-corrected chi connectivity index (χ1v) is 5.85. The second kappa shape index (κ2) is 5.17. The van der Waals surface area contributed by atoms with Crippen LogP contribution in [0.3, 0.4) is 0 Å². The number of nitrogens with one attached hydrogen (secondary N) is 1. The smallest absolute Gasteiger partial charge is 0.274 e. The molecule has 0 atom stereocenters. The zero-order valence-electron chi connectivity index (χ0n) is 10.9. The van der Waals surface area contributed by atoms with Gasteiger partial charge in [0, 0.05) is 23.9 Å². The molecule has 0 aliphatic carbocycles. The van der Waals surface area contributed by atoms with Crippen LogP contribution < -0.4 is 5.32 Å². The topological polar surface area (TPSA) is 55.2 Å². The van der Waals surface area contributed by atoms with Gasteiger partial charge >= 0.3 is 0 Å². The summed E-state index contributed by atoms with van der Waals surface area (Å²) in [6, 6.07) is 5.13. The van der Waals surface area contributed by atoms with Crippen molar-refractivity contribution < 1.29 is 4.92 Å². The minimum atomic E-state index is -0.342. The monoisotopic (exact) mass is 236 g/mol. The standard InChI is InChI=1S/C13H20N2O2/c1-5-13(3,4)9-14-11-7-6-8-12(10(11)2)15(16)17/h6-8,14H,5,9H2,1-4H3. The van der Waals surface area contributed by atoms with Gasteiger partial charge in [0.15, 0.2) is 0 Å². The van der Waals surface area contributed by atoms with E-state index in [4.69, 9.17) is 0 Å². The van der Waals surface area contributed by atoms with Crippen LogP contribution in [0.15, 0.2) is 18.2 Å². The highest BCUT2D eigenvalue weighted by Gasteiger charge is 2.17. The SMILES string of the molecule is CCC(C)(C)CNc1cccc([N+](=O)[O-])c1C. The number of nitro groups is 1. The van der Waals surface area contributed by atoms with Crippen molar-refractivity contribution in [1.82, 2.24) is 0 Å². The number of hydrogen-bond acceptors (Lipinski definition) is 3. The first-order chi connectivity index (χ1) is 7.87. The number of hydrogen-bond donors (Lipinski definition) is 1. The Morgan fingerprint density at radius 3 is 2.59 bits per heavy atom. The van der Waals surface area contributed by atoms with E-state index in [1.165, 1.54) is 6.07 Å². The molecule has 0 aliphatic rings. The van der Waals surface area contributed by atoms with E-state index in [1.807, 2.05) is 6.07 Å². The zero-order chi connectivity index (χ0) is 13.1. The largest absolute Gasteiger partial charge is 0.384 e. The molecule has 0 spiro atoms. The molecule has 0 heterocycles. The van der Waals surface area contributed by atoms with E-state index in [0.29, 0.717) is 5.56 Å². The number of nitro benzene ring substituents is 1. The van der Waals surface area contributed by atoms with Gasteiger partial charge in [-0.1, -0.05) is 26.8 Å². The van der Waals surface area contributed by atoms with Crippen molar-refractivity contribution >= 4 is 11.4 Å². The van der Waals surface area contributed by atoms with Gasteiger partial charge in [-0.05, 0) is 24.8 Å². The van der Waals surface area contributed by atoms with Crippen LogP contribution in [0.2, 0.25) is 0 Å². The summed E-state index contributed by atoms with van der Waals surface area (Å²) in [5.74, 6) is 0. The van der Waals surface area contributed by atoms with E-state index >= 15 is 0 Å². The Morgan fingerprint density at radius 2 is 2.06 bits per heavy atom. The summed E-state index contributed by atoms with van der Waals surface area (Å²) in [4.78, 5) is 10.5. The lowest BCUT2D eigenvalue weighted by Crippen LogP contribution is -2.22. The molecule has 0 fully saturated rings. The third-order valence-electron chi connectivity index (χ3n) is 3.22. The highest BCUT2D eigenvalue weighted by Crippen LogP contribution is 2.27. The van der Waals surface area contributed by atoms with Crippen molar-refractivity contribution in [2.75, 3.05) is 11.9 Å². The fourth-order valence-electron chi connectivity index (χ4n) is 1.47. The van der Waals surface area contributed by atoms with E-state index in [9.17, 15) is 10.1 Å². The van der Waals surface area contributed by atoms with Crippen molar-refractivity contribution in [1.29, 1.82) is 0 Å². The molecule has 17 heavy (non-hydrogen) atoms. The van der Waals surface area contributed by atoms with Gasteiger partial charge in [-0.2, -0.15) is 0 Å². The number of rotatable bonds is 5. The van der Waals surface area contributed by atoms with Gasteiger partial charge < -0.3 is 5.32 Å². The molecule has 0 aromatic heterocycles. The van der Waals surface area contributed by atoms with E-state index in [1.54, 1.807) is 13.0 Å². The van der Waals surface area contributed by atoms with Gasteiger partial charge in [0.05, 0.1) is 4.92 Å². The number of anilines is 1. The minimum Gasteiger partial charge on any atom is -0.384 e. The van der Waals surface area contributed by atoms with E-state index < -0.39 is 0 Å². The van der Waals surface area contributed by atoms with Crippen LogP contribution in [-0.2, 0) is 0 Å². The molecule has 0 bridgehead atoms. The van der Waals surface area contributed by atoms with Crippen LogP contribution in [0.1, 0.15) is 32.8 Å². The van der Waals surface area contributed by atoms with Crippen LogP contribution in [0.4, 0.5) is 11.4 Å². The summed E-state index contributed by atoms with van der Waals surface area (Å²) < 4.78 is 0. The quantitative estimate of drug-likeness (QED) is 0.625. The lowest BCUT2D eigenvalue weighted by Gasteiger charge is -2.24. The van der Waals surface area contributed by atoms with E-state index in [-0.39, 0.29) is 16.0 Å². The first kappa shape index (κ1) is 13.5. The molecule has 0 aliphatic heterocycles. The van der Waals surface area contributed by atoms with E-state index in [2.05, 4.69) is 26.1 Å². The third-order valence-corrected chi connectivity index (χ3v) is 3.22. The summed E-state index contributed by atoms with van der Waals surface area (Å²) in [5, 5.41) is 14.1. The average Bonchev–Trinajstić information content (AvgIpc) is 2.27. The minimum absolute atomic E-state index is 0.171. The summed E-state index contributed by atoms with van der Waals surface area (Å²) in [6.07, 6.45) is 1.06. The molecule has 0 amide bonds. The Kier molecular flexibility index (Phi) is 4.10. The Bertz CT molecular complexity index is 414. The maximum Gasteiger partial charge on any atom is 0.274 e. The molecule has 4 heteroatoms. The van der Waals surface area contributed by atoms with Crippen molar-refractivity contribution in [2.45, 2.75) is 34.1 Å². The van der Waals surface area contributed by atoms with Gasteiger partial charge in [0.1, 0.15) is 0 Å². The first-order valence-electron chi connectivity index (χ1n) is 5.85. The Labute approximate surface area is 102 Å². The number of nitrogens with zero attached hydrogens (tertiary/aromatic N) is 1. The molecule has 1 rings (SSSR count). The van der Waals surface area contributed by atoms with Crippen molar-refractivity contribution in [3.8, 4) is 0 Å². The maximum absolute atomic E-state index is 10.8. The highest BCUT2D eigenvalue weighted by molar-refractivity contribution is 5.59. The second-order valence-corrected chi connectivity index (χ2v) is 5.08. The predicted octanol–water partition coefficient (Wildman–Crippen LogP) is 3.75. The van der Waals surface area contributed by atoms with Crippen LogP contribution in [-0.4, -0.2) is 11.5 Å². The fourth-order valence-corrected chi connectivity index (χ4v) is 1.47. The second-order valence-electron chi connectivity index (χ2n) is 5.08. The molecule has 0 radical (unpaired) electrons. The average molecular weight is 236 g/mol. The molecule has 1 aromatic rings. The predicted molar refractivity (Wildman–Crippen MR) is 70.4 cm³/mol. The highest BCUT2D eigenvalue weighted by atomic mass is 16.6. The molecule has 1 N–H and O–H groups in total. The Hall–Kier alpha value is -1.58. The van der Waals surface area contributed by atoms with Crippen LogP contribution in [0.25, 0.3) is 0 Å². The molecular formula is C13H20N2O2. The number of benzene rings is 1. The summed E-state index contributed by atoms with van der Waals surface area (Å²) in [7, 11) is 0. The summed E-state index contributed by atoms with van der Waals surface area (Å²) in [5.41, 5.74) is 1.91. The normalized spacial score (nSPS) is 11.3. The zero-order valence-corrected chi connectivity index (χ0v) is 10.9.